The van der Waals surface area contributed by atoms with Crippen molar-refractivity contribution in [3.8, 4) is 11.5 Å². The lowest BCUT2D eigenvalue weighted by atomic mass is 9.82. The van der Waals surface area contributed by atoms with Crippen molar-refractivity contribution in [3.63, 3.8) is 0 Å². The van der Waals surface area contributed by atoms with E-state index >= 15 is 0 Å². The van der Waals surface area contributed by atoms with Crippen molar-refractivity contribution in [2.24, 2.45) is 10.2 Å². The largest absolute Gasteiger partial charge is 0.508 e. The van der Waals surface area contributed by atoms with Crippen molar-refractivity contribution in [2.75, 3.05) is 18.0 Å². The van der Waals surface area contributed by atoms with Crippen LogP contribution in [0.1, 0.15) is 59.2 Å². The quantitative estimate of drug-likeness (QED) is 0.191. The van der Waals surface area contributed by atoms with Crippen LogP contribution in [0.4, 0.5) is 5.69 Å². The van der Waals surface area contributed by atoms with E-state index in [1.807, 2.05) is 24.3 Å². The van der Waals surface area contributed by atoms with E-state index in [-0.39, 0.29) is 11.5 Å². The molecule has 3 aromatic carbocycles. The van der Waals surface area contributed by atoms with Crippen molar-refractivity contribution < 1.29 is 10.2 Å². The first-order valence-electron chi connectivity index (χ1n) is 13.5. The fraction of sp³-hybridized carbons (Fsp3) is 0.241. The van der Waals surface area contributed by atoms with Gasteiger partial charge in [0.25, 0.3) is 0 Å². The highest BCUT2D eigenvalue weighted by Gasteiger charge is 2.24. The van der Waals surface area contributed by atoms with Crippen LogP contribution in [0.5, 0.6) is 11.5 Å². The topological polar surface area (TPSA) is 156 Å². The van der Waals surface area contributed by atoms with Gasteiger partial charge in [0.15, 0.2) is 11.6 Å². The minimum Gasteiger partial charge on any atom is -0.508 e. The number of hydrogen-bond acceptors (Lipinski definition) is 11. The molecule has 0 saturated carbocycles. The van der Waals surface area contributed by atoms with Gasteiger partial charge in [-0.1, -0.05) is 12.1 Å². The number of phenolic OH excluding ortho intramolecular Hbond substituents is 2. The second-order valence-electron chi connectivity index (χ2n) is 9.56. The summed E-state index contributed by atoms with van der Waals surface area (Å²) in [6, 6.07) is 18.6. The minimum absolute atomic E-state index is 0.0757. The number of aromatic nitrogens is 8. The predicted molar refractivity (Wildman–Crippen MR) is 158 cm³/mol. The van der Waals surface area contributed by atoms with Crippen LogP contribution < -0.4 is 4.90 Å². The Hall–Kier alpha value is -5.46. The van der Waals surface area contributed by atoms with Crippen molar-refractivity contribution >= 4 is 18.1 Å². The molecule has 42 heavy (non-hydrogen) atoms. The van der Waals surface area contributed by atoms with Crippen LogP contribution >= 0.6 is 0 Å². The molecule has 13 nitrogen and oxygen atoms in total. The number of phenols is 2. The number of benzene rings is 3. The van der Waals surface area contributed by atoms with E-state index in [0.29, 0.717) is 33.9 Å². The Morgan fingerprint density at radius 3 is 1.74 bits per heavy atom. The molecular formula is C29H31N11O2. The highest BCUT2D eigenvalue weighted by molar-refractivity contribution is 5.82. The van der Waals surface area contributed by atoms with Crippen LogP contribution in [-0.4, -0.2) is 76.4 Å². The van der Waals surface area contributed by atoms with Gasteiger partial charge in [-0.05, 0) is 114 Å². The highest BCUT2D eigenvalue weighted by Crippen LogP contribution is 2.42. The lowest BCUT2D eigenvalue weighted by Gasteiger charge is -2.25. The van der Waals surface area contributed by atoms with Crippen LogP contribution in [0, 0.1) is 13.8 Å². The second-order valence-corrected chi connectivity index (χ2v) is 9.56. The SMILES string of the molecule is CCN(CC)c1cccc(C(c2cc(/C=N/n3nnnc3C)ccc2O)c2cc(/C=N/n3nnnc3C)ccc2O)c1. The van der Waals surface area contributed by atoms with Gasteiger partial charge in [-0.25, -0.2) is 0 Å². The molecule has 0 unspecified atom stereocenters. The number of hydrogen-bond donors (Lipinski definition) is 2. The molecule has 0 radical (unpaired) electrons. The smallest absolute Gasteiger partial charge is 0.173 e. The monoisotopic (exact) mass is 565 g/mol. The standard InChI is InChI=1S/C29H31N11O2/c1-5-38(6-2)24-9-7-8-23(16-24)29(25-14-21(10-12-27(25)41)17-30-39-19(3)32-34-36-39)26-15-22(11-13-28(26)42)18-31-40-20(4)33-35-37-40/h7-18,29,41-42H,5-6H2,1-4H3/b30-17+,31-18+. The van der Waals surface area contributed by atoms with Gasteiger partial charge in [0.05, 0.1) is 12.4 Å². The molecule has 214 valence electrons. The molecule has 0 fully saturated rings. The summed E-state index contributed by atoms with van der Waals surface area (Å²) >= 11 is 0. The van der Waals surface area contributed by atoms with Gasteiger partial charge in [0, 0.05) is 35.8 Å². The minimum atomic E-state index is -0.535. The zero-order valence-corrected chi connectivity index (χ0v) is 23.7. The Balaban J connectivity index is 1.64. The van der Waals surface area contributed by atoms with Gasteiger partial charge in [0.1, 0.15) is 11.5 Å². The first-order valence-corrected chi connectivity index (χ1v) is 13.5. The zero-order valence-electron chi connectivity index (χ0n) is 23.7. The maximum absolute atomic E-state index is 11.2. The molecular weight excluding hydrogens is 534 g/mol. The molecule has 0 spiro atoms. The third-order valence-corrected chi connectivity index (χ3v) is 6.90. The average Bonchev–Trinajstić information content (AvgIpc) is 3.61. The Morgan fingerprint density at radius 1 is 0.762 bits per heavy atom. The van der Waals surface area contributed by atoms with Crippen molar-refractivity contribution in [1.82, 2.24) is 40.6 Å². The molecule has 0 bridgehead atoms. The van der Waals surface area contributed by atoms with Gasteiger partial charge < -0.3 is 15.1 Å². The molecule has 0 aliphatic rings. The van der Waals surface area contributed by atoms with Gasteiger partial charge in [-0.2, -0.15) is 10.2 Å². The van der Waals surface area contributed by atoms with E-state index in [4.69, 9.17) is 0 Å². The summed E-state index contributed by atoms with van der Waals surface area (Å²) in [5, 5.41) is 53.7. The molecule has 2 N–H and O–H groups in total. The summed E-state index contributed by atoms with van der Waals surface area (Å²) in [6.07, 6.45) is 3.24. The molecule has 0 atom stereocenters. The first kappa shape index (κ1) is 28.1. The summed E-state index contributed by atoms with van der Waals surface area (Å²) in [7, 11) is 0. The van der Waals surface area contributed by atoms with E-state index in [1.165, 1.54) is 9.58 Å². The van der Waals surface area contributed by atoms with Crippen molar-refractivity contribution in [3.05, 3.63) is 100 Å². The molecule has 13 heteroatoms. The molecule has 0 saturated heterocycles. The van der Waals surface area contributed by atoms with Crippen molar-refractivity contribution in [1.29, 1.82) is 0 Å². The van der Waals surface area contributed by atoms with Gasteiger partial charge in [0.2, 0.25) is 0 Å². The summed E-state index contributed by atoms with van der Waals surface area (Å²) in [6.45, 7) is 9.39. The van der Waals surface area contributed by atoms with Crippen LogP contribution in [0.2, 0.25) is 0 Å². The number of anilines is 1. The van der Waals surface area contributed by atoms with Crippen LogP contribution in [0.25, 0.3) is 0 Å². The first-order chi connectivity index (χ1) is 20.4. The third-order valence-electron chi connectivity index (χ3n) is 6.90. The van der Waals surface area contributed by atoms with Crippen molar-refractivity contribution in [2.45, 2.75) is 33.6 Å². The summed E-state index contributed by atoms with van der Waals surface area (Å²) in [5.41, 5.74) is 4.54. The zero-order chi connectivity index (χ0) is 29.6. The second kappa shape index (κ2) is 12.4. The predicted octanol–water partition coefficient (Wildman–Crippen LogP) is 3.48. The highest BCUT2D eigenvalue weighted by atomic mass is 16.3. The van der Waals surface area contributed by atoms with E-state index in [9.17, 15) is 10.2 Å². The number of tetrazole rings is 2. The molecule has 0 aliphatic carbocycles. The van der Waals surface area contributed by atoms with E-state index in [2.05, 4.69) is 72.1 Å². The fourth-order valence-electron chi connectivity index (χ4n) is 4.70. The van der Waals surface area contributed by atoms with E-state index in [1.54, 1.807) is 50.5 Å². The van der Waals surface area contributed by atoms with Gasteiger partial charge in [-0.15, -0.1) is 19.8 Å². The average molecular weight is 566 g/mol. The Labute approximate surface area is 242 Å². The lowest BCUT2D eigenvalue weighted by molar-refractivity contribution is 0.458. The number of rotatable bonds is 10. The molecule has 5 aromatic rings. The molecule has 0 aliphatic heterocycles. The van der Waals surface area contributed by atoms with Gasteiger partial charge >= 0.3 is 0 Å². The number of aryl methyl sites for hydroxylation is 2. The fourth-order valence-corrected chi connectivity index (χ4v) is 4.70. The Bertz CT molecular complexity index is 1640. The molecule has 2 heterocycles. The van der Waals surface area contributed by atoms with Crippen LogP contribution in [0.15, 0.2) is 70.9 Å². The lowest BCUT2D eigenvalue weighted by Crippen LogP contribution is -2.22. The third kappa shape index (κ3) is 5.99. The van der Waals surface area contributed by atoms with Crippen LogP contribution in [-0.2, 0) is 0 Å². The normalized spacial score (nSPS) is 11.7. The van der Waals surface area contributed by atoms with E-state index in [0.717, 1.165) is 24.3 Å². The maximum Gasteiger partial charge on any atom is 0.173 e. The molecule has 5 rings (SSSR count). The Morgan fingerprint density at radius 2 is 1.29 bits per heavy atom. The van der Waals surface area contributed by atoms with E-state index < -0.39 is 5.92 Å². The summed E-state index contributed by atoms with van der Waals surface area (Å²) < 4.78 is 0. The number of aromatic hydroxyl groups is 2. The summed E-state index contributed by atoms with van der Waals surface area (Å²) in [4.78, 5) is 4.88. The van der Waals surface area contributed by atoms with Crippen LogP contribution in [0.3, 0.4) is 0 Å². The molecule has 2 aromatic heterocycles. The summed E-state index contributed by atoms with van der Waals surface area (Å²) in [5.74, 6) is 0.693. The Kier molecular flexibility index (Phi) is 8.27. The molecule has 0 amide bonds. The van der Waals surface area contributed by atoms with Gasteiger partial charge in [-0.3, -0.25) is 0 Å². The number of nitrogens with zero attached hydrogens (tertiary/aromatic N) is 11. The maximum atomic E-state index is 11.2.